The molecule has 1 saturated heterocycles. The molecule has 26 heavy (non-hydrogen) atoms. The third-order valence-corrected chi connectivity index (χ3v) is 6.54. The number of carboxylic acid groups (broad SMARTS) is 1. The Labute approximate surface area is 153 Å². The lowest BCUT2D eigenvalue weighted by atomic mass is 10.1. The monoisotopic (exact) mass is 374 g/mol. The molecular weight excluding hydrogens is 352 g/mol. The van der Waals surface area contributed by atoms with Gasteiger partial charge in [0.15, 0.2) is 0 Å². The fourth-order valence-electron chi connectivity index (χ4n) is 3.04. The van der Waals surface area contributed by atoms with E-state index in [1.54, 1.807) is 0 Å². The second kappa shape index (κ2) is 7.99. The third kappa shape index (κ3) is 4.30. The minimum Gasteiger partial charge on any atom is -0.478 e. The molecule has 2 aromatic carbocycles. The smallest absolute Gasteiger partial charge is 0.335 e. The lowest BCUT2D eigenvalue weighted by molar-refractivity contribution is 0.0696. The Kier molecular flexibility index (Phi) is 5.70. The van der Waals surface area contributed by atoms with E-state index < -0.39 is 16.0 Å². The lowest BCUT2D eigenvalue weighted by Gasteiger charge is -2.34. The maximum absolute atomic E-state index is 12.7. The van der Waals surface area contributed by atoms with E-state index in [2.05, 4.69) is 17.0 Å². The van der Waals surface area contributed by atoms with Gasteiger partial charge in [-0.1, -0.05) is 30.3 Å². The summed E-state index contributed by atoms with van der Waals surface area (Å²) in [5.41, 5.74) is 1.36. The summed E-state index contributed by atoms with van der Waals surface area (Å²) in [6, 6.07) is 15.6. The van der Waals surface area contributed by atoms with E-state index in [0.29, 0.717) is 26.2 Å². The highest BCUT2D eigenvalue weighted by Crippen LogP contribution is 2.18. The Hall–Kier alpha value is -2.22. The van der Waals surface area contributed by atoms with Gasteiger partial charge in [-0.2, -0.15) is 4.31 Å². The summed E-state index contributed by atoms with van der Waals surface area (Å²) in [6.45, 7) is 3.18. The van der Waals surface area contributed by atoms with Gasteiger partial charge in [0.05, 0.1) is 10.5 Å². The predicted octanol–water partition coefficient (Wildman–Crippen LogP) is 1.93. The van der Waals surface area contributed by atoms with Crippen LogP contribution in [0.15, 0.2) is 59.5 Å². The first-order valence-corrected chi connectivity index (χ1v) is 10.0. The van der Waals surface area contributed by atoms with Crippen LogP contribution >= 0.6 is 0 Å². The molecule has 0 aliphatic carbocycles. The number of aromatic carboxylic acids is 1. The number of piperazine rings is 1. The van der Waals surface area contributed by atoms with Crippen molar-refractivity contribution in [3.63, 3.8) is 0 Å². The van der Waals surface area contributed by atoms with Crippen LogP contribution in [0.1, 0.15) is 15.9 Å². The Morgan fingerprint density at radius 1 is 0.923 bits per heavy atom. The first kappa shape index (κ1) is 18.6. The summed E-state index contributed by atoms with van der Waals surface area (Å²) >= 11 is 0. The van der Waals surface area contributed by atoms with Crippen molar-refractivity contribution in [1.82, 2.24) is 9.21 Å². The highest BCUT2D eigenvalue weighted by atomic mass is 32.2. The molecule has 0 amide bonds. The molecule has 138 valence electrons. The number of hydrogen-bond acceptors (Lipinski definition) is 4. The van der Waals surface area contributed by atoms with E-state index in [9.17, 15) is 13.2 Å². The van der Waals surface area contributed by atoms with Gasteiger partial charge in [0.25, 0.3) is 0 Å². The molecule has 0 atom stereocenters. The molecule has 0 saturated carbocycles. The topological polar surface area (TPSA) is 77.9 Å². The van der Waals surface area contributed by atoms with Crippen LogP contribution in [-0.4, -0.2) is 61.4 Å². The molecule has 0 bridgehead atoms. The van der Waals surface area contributed by atoms with Crippen molar-refractivity contribution in [3.8, 4) is 0 Å². The Bertz CT molecular complexity index is 843. The Morgan fingerprint density at radius 2 is 1.54 bits per heavy atom. The van der Waals surface area contributed by atoms with Crippen molar-refractivity contribution in [1.29, 1.82) is 0 Å². The third-order valence-electron chi connectivity index (χ3n) is 4.63. The normalized spacial score (nSPS) is 16.5. The van der Waals surface area contributed by atoms with Gasteiger partial charge in [0, 0.05) is 32.7 Å². The van der Waals surface area contributed by atoms with Crippen molar-refractivity contribution in [2.45, 2.75) is 11.3 Å². The first-order chi connectivity index (χ1) is 12.5. The van der Waals surface area contributed by atoms with Gasteiger partial charge in [-0.15, -0.1) is 0 Å². The quantitative estimate of drug-likeness (QED) is 0.836. The molecule has 1 heterocycles. The number of carboxylic acids is 1. The van der Waals surface area contributed by atoms with Crippen LogP contribution in [0.5, 0.6) is 0 Å². The summed E-state index contributed by atoms with van der Waals surface area (Å²) in [5, 5.41) is 8.92. The second-order valence-electron chi connectivity index (χ2n) is 6.31. The zero-order chi connectivity index (χ0) is 18.6. The van der Waals surface area contributed by atoms with E-state index in [4.69, 9.17) is 5.11 Å². The zero-order valence-electron chi connectivity index (χ0n) is 14.4. The number of rotatable bonds is 6. The van der Waals surface area contributed by atoms with E-state index in [-0.39, 0.29) is 10.5 Å². The summed E-state index contributed by atoms with van der Waals surface area (Å²) in [5.74, 6) is -1.07. The van der Waals surface area contributed by atoms with Crippen LogP contribution < -0.4 is 0 Å². The van der Waals surface area contributed by atoms with Crippen molar-refractivity contribution >= 4 is 16.0 Å². The molecular formula is C19H22N2O4S. The first-order valence-electron chi connectivity index (χ1n) is 8.56. The SMILES string of the molecule is O=C(O)c1ccc(S(=O)(=O)N2CCN(CCc3ccccc3)CC2)cc1. The summed E-state index contributed by atoms with van der Waals surface area (Å²) in [7, 11) is -3.58. The Balaban J connectivity index is 1.57. The van der Waals surface area contributed by atoms with Gasteiger partial charge in [-0.25, -0.2) is 13.2 Å². The molecule has 6 nitrogen and oxygen atoms in total. The van der Waals surface area contributed by atoms with Gasteiger partial charge in [-0.05, 0) is 36.2 Å². The zero-order valence-corrected chi connectivity index (χ0v) is 15.2. The van der Waals surface area contributed by atoms with Crippen molar-refractivity contribution in [2.75, 3.05) is 32.7 Å². The Morgan fingerprint density at radius 3 is 2.12 bits per heavy atom. The van der Waals surface area contributed by atoms with E-state index in [1.807, 2.05) is 18.2 Å². The molecule has 1 fully saturated rings. The van der Waals surface area contributed by atoms with E-state index in [1.165, 1.54) is 34.1 Å². The number of hydrogen-bond donors (Lipinski definition) is 1. The molecule has 0 unspecified atom stereocenters. The fourth-order valence-corrected chi connectivity index (χ4v) is 4.47. The molecule has 0 radical (unpaired) electrons. The van der Waals surface area contributed by atoms with Gasteiger partial charge in [-0.3, -0.25) is 0 Å². The maximum Gasteiger partial charge on any atom is 0.335 e. The minimum absolute atomic E-state index is 0.0784. The molecule has 1 N–H and O–H groups in total. The fraction of sp³-hybridized carbons (Fsp3) is 0.316. The molecule has 3 rings (SSSR count). The molecule has 2 aromatic rings. The number of sulfonamides is 1. The van der Waals surface area contributed by atoms with Gasteiger partial charge < -0.3 is 10.0 Å². The molecule has 7 heteroatoms. The summed E-state index contributed by atoms with van der Waals surface area (Å²) in [4.78, 5) is 13.3. The van der Waals surface area contributed by atoms with E-state index in [0.717, 1.165) is 13.0 Å². The average Bonchev–Trinajstić information content (AvgIpc) is 2.67. The predicted molar refractivity (Wildman–Crippen MR) is 98.7 cm³/mol. The minimum atomic E-state index is -3.58. The highest BCUT2D eigenvalue weighted by molar-refractivity contribution is 7.89. The largest absolute Gasteiger partial charge is 0.478 e. The molecule has 0 spiro atoms. The van der Waals surface area contributed by atoms with Crippen LogP contribution in [0.4, 0.5) is 0 Å². The molecule has 1 aliphatic rings. The van der Waals surface area contributed by atoms with Gasteiger partial charge in [0.2, 0.25) is 10.0 Å². The number of carbonyl (C=O) groups is 1. The standard InChI is InChI=1S/C19H22N2O4S/c22-19(23)17-6-8-18(9-7-17)26(24,25)21-14-12-20(13-15-21)11-10-16-4-2-1-3-5-16/h1-9H,10-15H2,(H,22,23). The van der Waals surface area contributed by atoms with Crippen LogP contribution in [0.2, 0.25) is 0 Å². The molecule has 1 aliphatic heterocycles. The van der Waals surface area contributed by atoms with Crippen LogP contribution in [-0.2, 0) is 16.4 Å². The highest BCUT2D eigenvalue weighted by Gasteiger charge is 2.28. The van der Waals surface area contributed by atoms with Crippen molar-refractivity contribution in [2.24, 2.45) is 0 Å². The van der Waals surface area contributed by atoms with Crippen molar-refractivity contribution in [3.05, 3.63) is 65.7 Å². The number of nitrogens with zero attached hydrogens (tertiary/aromatic N) is 2. The van der Waals surface area contributed by atoms with E-state index >= 15 is 0 Å². The summed E-state index contributed by atoms with van der Waals surface area (Å²) < 4.78 is 26.9. The maximum atomic E-state index is 12.7. The lowest BCUT2D eigenvalue weighted by Crippen LogP contribution is -2.48. The second-order valence-corrected chi connectivity index (χ2v) is 8.25. The van der Waals surface area contributed by atoms with Gasteiger partial charge >= 0.3 is 5.97 Å². The van der Waals surface area contributed by atoms with Gasteiger partial charge in [0.1, 0.15) is 0 Å². The van der Waals surface area contributed by atoms with Crippen LogP contribution in [0.3, 0.4) is 0 Å². The average molecular weight is 374 g/mol. The van der Waals surface area contributed by atoms with Crippen molar-refractivity contribution < 1.29 is 18.3 Å². The van der Waals surface area contributed by atoms with Crippen LogP contribution in [0, 0.1) is 0 Å². The number of benzene rings is 2. The summed E-state index contributed by atoms with van der Waals surface area (Å²) in [6.07, 6.45) is 0.949. The molecule has 0 aromatic heterocycles. The van der Waals surface area contributed by atoms with Crippen LogP contribution in [0.25, 0.3) is 0 Å².